The van der Waals surface area contributed by atoms with Gasteiger partial charge in [-0.05, 0) is 17.1 Å². The average molecular weight is 202 g/mol. The molecule has 0 N–H and O–H groups in total. The monoisotopic (exact) mass is 202 g/mol. The van der Waals surface area contributed by atoms with E-state index < -0.39 is 0 Å². The zero-order valence-corrected chi connectivity index (χ0v) is 9.44. The van der Waals surface area contributed by atoms with Crippen molar-refractivity contribution in [3.05, 3.63) is 48.0 Å². The summed E-state index contributed by atoms with van der Waals surface area (Å²) in [5, 5.41) is 0. The van der Waals surface area contributed by atoms with E-state index in [1.165, 1.54) is 11.1 Å². The van der Waals surface area contributed by atoms with Crippen molar-refractivity contribution < 1.29 is 4.74 Å². The molecule has 1 aliphatic heterocycles. The second kappa shape index (κ2) is 4.19. The van der Waals surface area contributed by atoms with Crippen LogP contribution >= 0.6 is 0 Å². The Morgan fingerprint density at radius 3 is 2.53 bits per heavy atom. The van der Waals surface area contributed by atoms with Crippen LogP contribution in [0.4, 0.5) is 0 Å². The van der Waals surface area contributed by atoms with Crippen LogP contribution in [0.25, 0.3) is 0 Å². The van der Waals surface area contributed by atoms with Gasteiger partial charge in [-0.25, -0.2) is 0 Å². The van der Waals surface area contributed by atoms with Crippen molar-refractivity contribution in [2.45, 2.75) is 20.0 Å². The molecular formula is C14H18O. The normalized spacial score (nSPS) is 26.2. The highest BCUT2D eigenvalue weighted by atomic mass is 16.5. The fourth-order valence-electron chi connectivity index (χ4n) is 2.38. The third kappa shape index (κ3) is 1.98. The van der Waals surface area contributed by atoms with Gasteiger partial charge >= 0.3 is 0 Å². The number of hydrogen-bond acceptors (Lipinski definition) is 1. The summed E-state index contributed by atoms with van der Waals surface area (Å²) in [4.78, 5) is 0. The van der Waals surface area contributed by atoms with E-state index in [4.69, 9.17) is 4.74 Å². The van der Waals surface area contributed by atoms with Crippen LogP contribution in [0.15, 0.2) is 42.5 Å². The molecule has 1 heterocycles. The van der Waals surface area contributed by atoms with Gasteiger partial charge in [-0.3, -0.25) is 0 Å². The van der Waals surface area contributed by atoms with Gasteiger partial charge < -0.3 is 4.74 Å². The summed E-state index contributed by atoms with van der Waals surface area (Å²) >= 11 is 0. The summed E-state index contributed by atoms with van der Waals surface area (Å²) in [5.41, 5.74) is 2.51. The summed E-state index contributed by atoms with van der Waals surface area (Å²) in [7, 11) is 0. The van der Waals surface area contributed by atoms with E-state index in [1.807, 2.05) is 6.07 Å². The smallest absolute Gasteiger partial charge is 0.0897 e. The molecule has 1 saturated heterocycles. The molecule has 1 fully saturated rings. The fourth-order valence-corrected chi connectivity index (χ4v) is 2.38. The zero-order valence-electron chi connectivity index (χ0n) is 9.44. The molecule has 1 aliphatic rings. The van der Waals surface area contributed by atoms with Crippen molar-refractivity contribution >= 4 is 0 Å². The minimum absolute atomic E-state index is 0.207. The van der Waals surface area contributed by atoms with E-state index in [0.717, 1.165) is 0 Å². The Kier molecular flexibility index (Phi) is 2.92. The number of ether oxygens (including phenoxy) is 1. The van der Waals surface area contributed by atoms with Gasteiger partial charge in [0.2, 0.25) is 0 Å². The molecule has 80 valence electrons. The number of benzene rings is 1. The van der Waals surface area contributed by atoms with Crippen molar-refractivity contribution in [1.29, 1.82) is 0 Å². The summed E-state index contributed by atoms with van der Waals surface area (Å²) in [5.74, 6) is 1.05. The average Bonchev–Trinajstić information content (AvgIpc) is 2.61. The van der Waals surface area contributed by atoms with Crippen LogP contribution in [0.3, 0.4) is 0 Å². The predicted molar refractivity (Wildman–Crippen MR) is 62.6 cm³/mol. The van der Waals surface area contributed by atoms with Crippen LogP contribution in [0.1, 0.15) is 25.5 Å². The Bertz CT molecular complexity index is 340. The highest BCUT2D eigenvalue weighted by molar-refractivity contribution is 5.24. The van der Waals surface area contributed by atoms with Crippen LogP contribution in [0.2, 0.25) is 0 Å². The zero-order chi connectivity index (χ0) is 10.8. The van der Waals surface area contributed by atoms with Gasteiger partial charge in [0, 0.05) is 5.92 Å². The Balaban J connectivity index is 2.26. The second-order valence-corrected chi connectivity index (χ2v) is 4.57. The van der Waals surface area contributed by atoms with Crippen LogP contribution < -0.4 is 0 Å². The van der Waals surface area contributed by atoms with Gasteiger partial charge in [0.05, 0.1) is 12.7 Å². The number of hydrogen-bond donors (Lipinski definition) is 0. The molecule has 0 saturated carbocycles. The number of rotatable bonds is 2. The molecule has 1 aromatic rings. The Labute approximate surface area is 91.8 Å². The third-order valence-electron chi connectivity index (χ3n) is 3.09. The van der Waals surface area contributed by atoms with Crippen molar-refractivity contribution in [1.82, 2.24) is 0 Å². The predicted octanol–water partition coefficient (Wildman–Crippen LogP) is 3.59. The van der Waals surface area contributed by atoms with E-state index in [0.29, 0.717) is 18.4 Å². The van der Waals surface area contributed by atoms with Gasteiger partial charge in [0.15, 0.2) is 0 Å². The third-order valence-corrected chi connectivity index (χ3v) is 3.09. The second-order valence-electron chi connectivity index (χ2n) is 4.57. The highest BCUT2D eigenvalue weighted by Crippen LogP contribution is 2.41. The minimum Gasteiger partial charge on any atom is -0.369 e. The molecule has 2 atom stereocenters. The molecule has 0 bridgehead atoms. The van der Waals surface area contributed by atoms with E-state index >= 15 is 0 Å². The molecule has 0 aliphatic carbocycles. The molecule has 1 aromatic carbocycles. The molecule has 0 unspecified atom stereocenters. The first-order valence-electron chi connectivity index (χ1n) is 5.54. The standard InChI is InChI=1S/C14H18O/c1-10(2)13-11(3)9-15-14(13)12-7-5-4-6-8-12/h4-8,10,13-14H,3,9H2,1-2H3/t13-,14+/m1/s1. The molecule has 0 radical (unpaired) electrons. The molecule has 15 heavy (non-hydrogen) atoms. The van der Waals surface area contributed by atoms with Crippen molar-refractivity contribution in [2.24, 2.45) is 11.8 Å². The van der Waals surface area contributed by atoms with Gasteiger partial charge in [0.25, 0.3) is 0 Å². The van der Waals surface area contributed by atoms with Crippen molar-refractivity contribution in [3.63, 3.8) is 0 Å². The SMILES string of the molecule is C=C1CO[C@@H](c2ccccc2)[C@@H]1C(C)C. The molecule has 0 spiro atoms. The molecule has 0 amide bonds. The molecule has 0 aromatic heterocycles. The highest BCUT2D eigenvalue weighted by Gasteiger charge is 2.34. The van der Waals surface area contributed by atoms with Crippen LogP contribution in [0, 0.1) is 11.8 Å². The van der Waals surface area contributed by atoms with Crippen LogP contribution in [-0.4, -0.2) is 6.61 Å². The van der Waals surface area contributed by atoms with Crippen LogP contribution in [0.5, 0.6) is 0 Å². The lowest BCUT2D eigenvalue weighted by Crippen LogP contribution is -2.14. The molecule has 1 heteroatoms. The summed E-state index contributed by atoms with van der Waals surface area (Å²) < 4.78 is 5.83. The molecular weight excluding hydrogens is 184 g/mol. The Morgan fingerprint density at radius 1 is 1.27 bits per heavy atom. The molecule has 2 rings (SSSR count). The topological polar surface area (TPSA) is 9.23 Å². The van der Waals surface area contributed by atoms with Gasteiger partial charge in [-0.15, -0.1) is 0 Å². The minimum atomic E-state index is 0.207. The fraction of sp³-hybridized carbons (Fsp3) is 0.429. The van der Waals surface area contributed by atoms with Crippen molar-refractivity contribution in [2.75, 3.05) is 6.61 Å². The van der Waals surface area contributed by atoms with Gasteiger partial charge in [0.1, 0.15) is 0 Å². The summed E-state index contributed by atoms with van der Waals surface area (Å²) in [6.45, 7) is 9.29. The van der Waals surface area contributed by atoms with E-state index in [1.54, 1.807) is 0 Å². The lowest BCUT2D eigenvalue weighted by atomic mass is 9.84. The first-order valence-corrected chi connectivity index (χ1v) is 5.54. The van der Waals surface area contributed by atoms with Crippen LogP contribution in [-0.2, 0) is 4.74 Å². The molecule has 1 nitrogen and oxygen atoms in total. The maximum atomic E-state index is 5.83. The summed E-state index contributed by atoms with van der Waals surface area (Å²) in [6, 6.07) is 10.4. The largest absolute Gasteiger partial charge is 0.369 e. The summed E-state index contributed by atoms with van der Waals surface area (Å²) in [6.07, 6.45) is 0.207. The van der Waals surface area contributed by atoms with E-state index in [9.17, 15) is 0 Å². The lowest BCUT2D eigenvalue weighted by Gasteiger charge is -2.22. The van der Waals surface area contributed by atoms with Gasteiger partial charge in [-0.1, -0.05) is 50.8 Å². The Morgan fingerprint density at radius 2 is 1.93 bits per heavy atom. The van der Waals surface area contributed by atoms with E-state index in [2.05, 4.69) is 44.7 Å². The first-order chi connectivity index (χ1) is 7.20. The quantitative estimate of drug-likeness (QED) is 0.666. The maximum Gasteiger partial charge on any atom is 0.0897 e. The van der Waals surface area contributed by atoms with Crippen molar-refractivity contribution in [3.8, 4) is 0 Å². The first kappa shape index (κ1) is 10.4. The van der Waals surface area contributed by atoms with Gasteiger partial charge in [-0.2, -0.15) is 0 Å². The Hall–Kier alpha value is -1.08. The van der Waals surface area contributed by atoms with E-state index in [-0.39, 0.29) is 6.10 Å². The maximum absolute atomic E-state index is 5.83. The lowest BCUT2D eigenvalue weighted by molar-refractivity contribution is 0.0794.